The van der Waals surface area contributed by atoms with Crippen LogP contribution in [-0.2, 0) is 0 Å². The molecule has 5 aromatic rings. The van der Waals surface area contributed by atoms with Crippen LogP contribution in [0.25, 0.3) is 33.6 Å². The standard InChI is InChI=1S/C23H26N10/c1-14(2)32-7-9-33(10-8-32)15-3-4-17-18(11-15)29-23(28-17)20-19(12-27-31-20)30-22-16-5-6-24-21(16)25-13-26-22/h3-6,11-14H,7-10H2,1-2H3,(H,27,31)(H,28,29)(H2,24,25,26,30). The molecule has 10 nitrogen and oxygen atoms in total. The van der Waals surface area contributed by atoms with Crippen LogP contribution in [0.15, 0.2) is 43.0 Å². The highest BCUT2D eigenvalue weighted by Crippen LogP contribution is 2.30. The molecule has 0 saturated carbocycles. The Balaban J connectivity index is 1.27. The van der Waals surface area contributed by atoms with Crippen LogP contribution < -0.4 is 10.2 Å². The predicted molar refractivity (Wildman–Crippen MR) is 130 cm³/mol. The van der Waals surface area contributed by atoms with E-state index in [1.54, 1.807) is 0 Å². The highest BCUT2D eigenvalue weighted by atomic mass is 15.3. The maximum atomic E-state index is 4.79. The Morgan fingerprint density at radius 2 is 1.94 bits per heavy atom. The van der Waals surface area contributed by atoms with Gasteiger partial charge in [-0.25, -0.2) is 15.0 Å². The second-order valence-corrected chi connectivity index (χ2v) is 8.64. The SMILES string of the molecule is CC(C)N1CCN(c2ccc3nc(-c4n[nH]cc4Nc4ncnc5[nH]ccc45)[nH]c3c2)CC1. The fraction of sp³-hybridized carbons (Fsp3) is 0.304. The molecule has 0 atom stereocenters. The molecule has 5 heterocycles. The number of fused-ring (bicyclic) bond motifs is 2. The van der Waals surface area contributed by atoms with Gasteiger partial charge in [0.15, 0.2) is 11.5 Å². The van der Waals surface area contributed by atoms with E-state index in [0.717, 1.165) is 53.9 Å². The molecule has 1 aromatic carbocycles. The molecule has 6 rings (SSSR count). The van der Waals surface area contributed by atoms with Gasteiger partial charge in [0.2, 0.25) is 0 Å². The summed E-state index contributed by atoms with van der Waals surface area (Å²) in [6, 6.07) is 8.96. The molecule has 1 fully saturated rings. The minimum atomic E-state index is 0.595. The maximum absolute atomic E-state index is 4.79. The summed E-state index contributed by atoms with van der Waals surface area (Å²) in [5, 5.41) is 11.7. The van der Waals surface area contributed by atoms with Crippen LogP contribution in [0, 0.1) is 0 Å². The highest BCUT2D eigenvalue weighted by molar-refractivity contribution is 5.91. The fourth-order valence-corrected chi connectivity index (χ4v) is 4.47. The molecule has 0 unspecified atom stereocenters. The van der Waals surface area contributed by atoms with Crippen LogP contribution in [0.4, 0.5) is 17.2 Å². The summed E-state index contributed by atoms with van der Waals surface area (Å²) >= 11 is 0. The van der Waals surface area contributed by atoms with E-state index >= 15 is 0 Å². The average Bonchev–Trinajstić information content (AvgIpc) is 3.58. The summed E-state index contributed by atoms with van der Waals surface area (Å²) < 4.78 is 0. The van der Waals surface area contributed by atoms with Gasteiger partial charge in [-0.05, 0) is 38.1 Å². The van der Waals surface area contributed by atoms with Crippen molar-refractivity contribution in [3.8, 4) is 11.5 Å². The van der Waals surface area contributed by atoms with Crippen LogP contribution >= 0.6 is 0 Å². The Morgan fingerprint density at radius 1 is 1.06 bits per heavy atom. The maximum Gasteiger partial charge on any atom is 0.161 e. The molecule has 33 heavy (non-hydrogen) atoms. The number of benzene rings is 1. The number of piperazine rings is 1. The third-order valence-corrected chi connectivity index (χ3v) is 6.35. The second-order valence-electron chi connectivity index (χ2n) is 8.64. The molecule has 0 amide bonds. The molecule has 0 spiro atoms. The second kappa shape index (κ2) is 7.89. The number of H-pyrrole nitrogens is 3. The van der Waals surface area contributed by atoms with Crippen molar-refractivity contribution in [1.82, 2.24) is 40.0 Å². The van der Waals surface area contributed by atoms with Crippen LogP contribution in [-0.4, -0.2) is 72.2 Å². The van der Waals surface area contributed by atoms with Crippen molar-refractivity contribution in [3.63, 3.8) is 0 Å². The molecular formula is C23H26N10. The number of nitrogens with zero attached hydrogens (tertiary/aromatic N) is 6. The van der Waals surface area contributed by atoms with Gasteiger partial charge in [-0.2, -0.15) is 5.10 Å². The zero-order chi connectivity index (χ0) is 22.4. The third-order valence-electron chi connectivity index (χ3n) is 6.35. The Labute approximate surface area is 190 Å². The first-order chi connectivity index (χ1) is 16.2. The molecule has 10 heteroatoms. The zero-order valence-electron chi connectivity index (χ0n) is 18.6. The molecule has 4 aromatic heterocycles. The van der Waals surface area contributed by atoms with Gasteiger partial charge in [0.25, 0.3) is 0 Å². The van der Waals surface area contributed by atoms with Gasteiger partial charge in [0.05, 0.1) is 22.1 Å². The Bertz CT molecular complexity index is 1400. The lowest BCUT2D eigenvalue weighted by atomic mass is 10.2. The lowest BCUT2D eigenvalue weighted by Gasteiger charge is -2.38. The van der Waals surface area contributed by atoms with Gasteiger partial charge in [0, 0.05) is 50.3 Å². The molecule has 4 N–H and O–H groups in total. The predicted octanol–water partition coefficient (Wildman–Crippen LogP) is 3.50. The van der Waals surface area contributed by atoms with E-state index in [2.05, 4.69) is 77.3 Å². The van der Waals surface area contributed by atoms with Gasteiger partial charge >= 0.3 is 0 Å². The molecule has 1 aliphatic heterocycles. The normalized spacial score (nSPS) is 15.2. The monoisotopic (exact) mass is 442 g/mol. The van der Waals surface area contributed by atoms with Crippen LogP contribution in [0.5, 0.6) is 0 Å². The van der Waals surface area contributed by atoms with Gasteiger partial charge < -0.3 is 20.2 Å². The minimum absolute atomic E-state index is 0.595. The average molecular weight is 443 g/mol. The summed E-state index contributed by atoms with van der Waals surface area (Å²) in [6.45, 7) is 8.76. The van der Waals surface area contributed by atoms with Crippen LogP contribution in [0.2, 0.25) is 0 Å². The van der Waals surface area contributed by atoms with Gasteiger partial charge in [-0.3, -0.25) is 10.00 Å². The quantitative estimate of drug-likeness (QED) is 0.329. The number of aromatic amines is 3. The number of imidazole rings is 1. The Kier molecular flexibility index (Phi) is 4.72. The van der Waals surface area contributed by atoms with Crippen molar-refractivity contribution in [1.29, 1.82) is 0 Å². The van der Waals surface area contributed by atoms with Crippen molar-refractivity contribution in [3.05, 3.63) is 43.0 Å². The number of hydrogen-bond donors (Lipinski definition) is 4. The van der Waals surface area contributed by atoms with Crippen molar-refractivity contribution < 1.29 is 0 Å². The van der Waals surface area contributed by atoms with Crippen molar-refractivity contribution >= 4 is 39.3 Å². The molecule has 0 radical (unpaired) electrons. The van der Waals surface area contributed by atoms with E-state index in [-0.39, 0.29) is 0 Å². The minimum Gasteiger partial charge on any atom is -0.369 e. The third kappa shape index (κ3) is 3.58. The number of nitrogens with one attached hydrogen (secondary N) is 4. The van der Waals surface area contributed by atoms with Crippen molar-refractivity contribution in [2.75, 3.05) is 36.4 Å². The van der Waals surface area contributed by atoms with Gasteiger partial charge in [-0.1, -0.05) is 0 Å². The molecule has 1 saturated heterocycles. The number of aromatic nitrogens is 7. The lowest BCUT2D eigenvalue weighted by molar-refractivity contribution is 0.209. The van der Waals surface area contributed by atoms with E-state index in [1.807, 2.05) is 18.5 Å². The zero-order valence-corrected chi connectivity index (χ0v) is 18.6. The van der Waals surface area contributed by atoms with Crippen molar-refractivity contribution in [2.24, 2.45) is 0 Å². The number of rotatable bonds is 5. The van der Waals surface area contributed by atoms with E-state index < -0.39 is 0 Å². The smallest absolute Gasteiger partial charge is 0.161 e. The topological polar surface area (TPSA) is 117 Å². The van der Waals surface area contributed by atoms with Crippen LogP contribution in [0.1, 0.15) is 13.8 Å². The Morgan fingerprint density at radius 3 is 2.79 bits per heavy atom. The largest absolute Gasteiger partial charge is 0.369 e. The summed E-state index contributed by atoms with van der Waals surface area (Å²) in [5.41, 5.74) is 5.41. The highest BCUT2D eigenvalue weighted by Gasteiger charge is 2.20. The molecule has 0 aliphatic carbocycles. The molecule has 1 aliphatic rings. The fourth-order valence-electron chi connectivity index (χ4n) is 4.47. The van der Waals surface area contributed by atoms with Crippen molar-refractivity contribution in [2.45, 2.75) is 19.9 Å². The van der Waals surface area contributed by atoms with E-state index in [4.69, 9.17) is 4.98 Å². The first-order valence-corrected chi connectivity index (χ1v) is 11.2. The molecule has 0 bridgehead atoms. The number of hydrogen-bond acceptors (Lipinski definition) is 7. The summed E-state index contributed by atoms with van der Waals surface area (Å²) in [4.78, 5) is 24.9. The Hall–Kier alpha value is -3.92. The lowest BCUT2D eigenvalue weighted by Crippen LogP contribution is -2.48. The van der Waals surface area contributed by atoms with E-state index in [9.17, 15) is 0 Å². The molecular weight excluding hydrogens is 416 g/mol. The van der Waals surface area contributed by atoms with E-state index in [1.165, 1.54) is 12.0 Å². The van der Waals surface area contributed by atoms with E-state index in [0.29, 0.717) is 23.4 Å². The van der Waals surface area contributed by atoms with Crippen LogP contribution in [0.3, 0.4) is 0 Å². The first-order valence-electron chi connectivity index (χ1n) is 11.2. The number of anilines is 3. The first kappa shape index (κ1) is 19.7. The summed E-state index contributed by atoms with van der Waals surface area (Å²) in [7, 11) is 0. The molecule has 168 valence electrons. The summed E-state index contributed by atoms with van der Waals surface area (Å²) in [6.07, 6.45) is 5.19. The van der Waals surface area contributed by atoms with Gasteiger partial charge in [0.1, 0.15) is 17.8 Å². The van der Waals surface area contributed by atoms with Gasteiger partial charge in [-0.15, -0.1) is 0 Å². The summed E-state index contributed by atoms with van der Waals surface area (Å²) in [5.74, 6) is 1.41.